The highest BCUT2D eigenvalue weighted by Crippen LogP contribution is 2.25. The molecule has 0 aromatic heterocycles. The van der Waals surface area contributed by atoms with Crippen LogP contribution in [0.15, 0.2) is 22.7 Å². The first-order valence-corrected chi connectivity index (χ1v) is 7.52. The van der Waals surface area contributed by atoms with Gasteiger partial charge in [-0.3, -0.25) is 0 Å². The fourth-order valence-corrected chi connectivity index (χ4v) is 2.88. The Morgan fingerprint density at radius 1 is 1.39 bits per heavy atom. The van der Waals surface area contributed by atoms with E-state index in [0.29, 0.717) is 6.04 Å². The van der Waals surface area contributed by atoms with Gasteiger partial charge in [-0.2, -0.15) is 0 Å². The van der Waals surface area contributed by atoms with Crippen molar-refractivity contribution in [3.05, 3.63) is 22.7 Å². The van der Waals surface area contributed by atoms with Crippen molar-refractivity contribution in [3.8, 4) is 0 Å². The van der Waals surface area contributed by atoms with Crippen LogP contribution in [0.1, 0.15) is 26.2 Å². The number of nitrogen functional groups attached to an aromatic ring is 1. The molecule has 0 aliphatic carbocycles. The highest BCUT2D eigenvalue weighted by atomic mass is 79.9. The highest BCUT2D eigenvalue weighted by molar-refractivity contribution is 9.10. The molecule has 0 radical (unpaired) electrons. The standard InChI is InChI=1S/C14H22BrN3/c1-2-7-18-8-5-12(6-9-18)17-14-4-3-11(15)10-13(14)16/h3-4,10,12,17H,2,5-9,16H2,1H3. The molecule has 0 spiro atoms. The molecule has 0 atom stereocenters. The molecule has 3 nitrogen and oxygen atoms in total. The average molecular weight is 312 g/mol. The van der Waals surface area contributed by atoms with Gasteiger partial charge in [0.25, 0.3) is 0 Å². The topological polar surface area (TPSA) is 41.3 Å². The Morgan fingerprint density at radius 2 is 2.11 bits per heavy atom. The highest BCUT2D eigenvalue weighted by Gasteiger charge is 2.18. The molecule has 1 aromatic carbocycles. The lowest BCUT2D eigenvalue weighted by atomic mass is 10.0. The third-order valence-electron chi connectivity index (χ3n) is 3.50. The van der Waals surface area contributed by atoms with Gasteiger partial charge in [0.2, 0.25) is 0 Å². The van der Waals surface area contributed by atoms with Crippen LogP contribution in [0.4, 0.5) is 11.4 Å². The van der Waals surface area contributed by atoms with Crippen LogP contribution in [0.2, 0.25) is 0 Å². The Morgan fingerprint density at radius 3 is 2.72 bits per heavy atom. The molecule has 1 heterocycles. The lowest BCUT2D eigenvalue weighted by molar-refractivity contribution is 0.219. The summed E-state index contributed by atoms with van der Waals surface area (Å²) in [6.07, 6.45) is 3.66. The van der Waals surface area contributed by atoms with E-state index in [1.807, 2.05) is 12.1 Å². The summed E-state index contributed by atoms with van der Waals surface area (Å²) in [5, 5.41) is 3.57. The fraction of sp³-hybridized carbons (Fsp3) is 0.571. The van der Waals surface area contributed by atoms with E-state index in [1.54, 1.807) is 0 Å². The van der Waals surface area contributed by atoms with Crippen LogP contribution in [-0.2, 0) is 0 Å². The zero-order valence-electron chi connectivity index (χ0n) is 11.0. The van der Waals surface area contributed by atoms with Gasteiger partial charge >= 0.3 is 0 Å². The van der Waals surface area contributed by atoms with E-state index in [2.05, 4.69) is 39.1 Å². The van der Waals surface area contributed by atoms with Gasteiger partial charge in [-0.25, -0.2) is 0 Å². The summed E-state index contributed by atoms with van der Waals surface area (Å²) in [6.45, 7) is 5.86. The molecular weight excluding hydrogens is 290 g/mol. The summed E-state index contributed by atoms with van der Waals surface area (Å²) in [7, 11) is 0. The number of anilines is 2. The summed E-state index contributed by atoms with van der Waals surface area (Å²) in [5.41, 5.74) is 7.89. The number of nitrogens with two attached hydrogens (primary N) is 1. The number of nitrogens with one attached hydrogen (secondary N) is 1. The first-order valence-electron chi connectivity index (χ1n) is 6.73. The fourth-order valence-electron chi connectivity index (χ4n) is 2.50. The molecule has 3 N–H and O–H groups in total. The molecule has 18 heavy (non-hydrogen) atoms. The maximum Gasteiger partial charge on any atom is 0.0576 e. The van der Waals surface area contributed by atoms with Crippen molar-refractivity contribution < 1.29 is 0 Å². The minimum Gasteiger partial charge on any atom is -0.397 e. The van der Waals surface area contributed by atoms with E-state index in [-0.39, 0.29) is 0 Å². The molecule has 1 fully saturated rings. The van der Waals surface area contributed by atoms with Crippen molar-refractivity contribution in [1.29, 1.82) is 0 Å². The minimum absolute atomic E-state index is 0.557. The first kappa shape index (κ1) is 13.7. The molecule has 0 amide bonds. The Kier molecular flexibility index (Phi) is 4.89. The van der Waals surface area contributed by atoms with E-state index in [4.69, 9.17) is 5.73 Å². The van der Waals surface area contributed by atoms with E-state index in [9.17, 15) is 0 Å². The van der Waals surface area contributed by atoms with Gasteiger partial charge in [-0.1, -0.05) is 22.9 Å². The van der Waals surface area contributed by atoms with Gasteiger partial charge in [0.1, 0.15) is 0 Å². The van der Waals surface area contributed by atoms with E-state index in [1.165, 1.54) is 38.9 Å². The molecule has 1 aliphatic rings. The number of hydrogen-bond donors (Lipinski definition) is 2. The monoisotopic (exact) mass is 311 g/mol. The quantitative estimate of drug-likeness (QED) is 0.838. The number of hydrogen-bond acceptors (Lipinski definition) is 3. The van der Waals surface area contributed by atoms with Gasteiger partial charge < -0.3 is 16.0 Å². The number of likely N-dealkylation sites (tertiary alicyclic amines) is 1. The lowest BCUT2D eigenvalue weighted by Crippen LogP contribution is -2.39. The van der Waals surface area contributed by atoms with Crippen molar-refractivity contribution in [1.82, 2.24) is 4.90 Å². The SMILES string of the molecule is CCCN1CCC(Nc2ccc(Br)cc2N)CC1. The van der Waals surface area contributed by atoms with Gasteiger partial charge in [0, 0.05) is 23.6 Å². The van der Waals surface area contributed by atoms with Gasteiger partial charge in [0.15, 0.2) is 0 Å². The number of piperidine rings is 1. The third kappa shape index (κ3) is 3.62. The molecule has 0 saturated carbocycles. The minimum atomic E-state index is 0.557. The van der Waals surface area contributed by atoms with Crippen LogP contribution in [0, 0.1) is 0 Å². The predicted octanol–water partition coefficient (Wildman–Crippen LogP) is 3.32. The normalized spacial score (nSPS) is 17.9. The van der Waals surface area contributed by atoms with Crippen LogP contribution >= 0.6 is 15.9 Å². The first-order chi connectivity index (χ1) is 8.69. The Labute approximate surface area is 118 Å². The predicted molar refractivity (Wildman–Crippen MR) is 81.9 cm³/mol. The van der Waals surface area contributed by atoms with E-state index < -0.39 is 0 Å². The zero-order valence-corrected chi connectivity index (χ0v) is 12.5. The van der Waals surface area contributed by atoms with Gasteiger partial charge in [-0.15, -0.1) is 0 Å². The lowest BCUT2D eigenvalue weighted by Gasteiger charge is -2.32. The summed E-state index contributed by atoms with van der Waals surface area (Å²) in [6, 6.07) is 6.60. The molecule has 0 bridgehead atoms. The Balaban J connectivity index is 1.87. The Bertz CT molecular complexity index is 387. The van der Waals surface area contributed by atoms with Crippen LogP contribution in [0.5, 0.6) is 0 Å². The molecule has 1 aromatic rings. The molecule has 1 saturated heterocycles. The molecule has 100 valence electrons. The average Bonchev–Trinajstić information content (AvgIpc) is 2.35. The molecule has 1 aliphatic heterocycles. The summed E-state index contributed by atoms with van der Waals surface area (Å²) in [4.78, 5) is 2.54. The number of benzene rings is 1. The maximum atomic E-state index is 6.01. The van der Waals surface area contributed by atoms with Crippen molar-refractivity contribution in [2.45, 2.75) is 32.2 Å². The van der Waals surface area contributed by atoms with Crippen LogP contribution in [0.25, 0.3) is 0 Å². The molecule has 0 unspecified atom stereocenters. The molecular formula is C14H22BrN3. The van der Waals surface area contributed by atoms with Crippen molar-refractivity contribution in [3.63, 3.8) is 0 Å². The summed E-state index contributed by atoms with van der Waals surface area (Å²) >= 11 is 3.43. The van der Waals surface area contributed by atoms with Crippen LogP contribution in [-0.4, -0.2) is 30.6 Å². The third-order valence-corrected chi connectivity index (χ3v) is 3.99. The van der Waals surface area contributed by atoms with E-state index in [0.717, 1.165) is 15.8 Å². The largest absolute Gasteiger partial charge is 0.397 e. The number of nitrogens with zero attached hydrogens (tertiary/aromatic N) is 1. The summed E-state index contributed by atoms with van der Waals surface area (Å²) < 4.78 is 1.03. The second kappa shape index (κ2) is 6.43. The second-order valence-corrected chi connectivity index (χ2v) is 5.91. The van der Waals surface area contributed by atoms with Crippen molar-refractivity contribution in [2.75, 3.05) is 30.7 Å². The zero-order chi connectivity index (χ0) is 13.0. The Hall–Kier alpha value is -0.740. The second-order valence-electron chi connectivity index (χ2n) is 4.99. The number of halogens is 1. The van der Waals surface area contributed by atoms with Gasteiger partial charge in [0.05, 0.1) is 11.4 Å². The number of rotatable bonds is 4. The molecule has 2 rings (SSSR count). The van der Waals surface area contributed by atoms with Crippen molar-refractivity contribution >= 4 is 27.3 Å². The molecule has 4 heteroatoms. The maximum absolute atomic E-state index is 6.01. The smallest absolute Gasteiger partial charge is 0.0576 e. The van der Waals surface area contributed by atoms with Crippen LogP contribution in [0.3, 0.4) is 0 Å². The summed E-state index contributed by atoms with van der Waals surface area (Å²) in [5.74, 6) is 0. The van der Waals surface area contributed by atoms with E-state index >= 15 is 0 Å². The van der Waals surface area contributed by atoms with Crippen LogP contribution < -0.4 is 11.1 Å². The van der Waals surface area contributed by atoms with Gasteiger partial charge in [-0.05, 0) is 44.0 Å². The van der Waals surface area contributed by atoms with Crippen molar-refractivity contribution in [2.24, 2.45) is 0 Å².